The Kier molecular flexibility index (Phi) is 5.39. The number of aromatic nitrogens is 2. The molecule has 142 valence electrons. The van der Waals surface area contributed by atoms with Crippen molar-refractivity contribution in [2.24, 2.45) is 0 Å². The summed E-state index contributed by atoms with van der Waals surface area (Å²) < 4.78 is 26.9. The van der Waals surface area contributed by atoms with Crippen LogP contribution in [-0.2, 0) is 0 Å². The number of aryl methyl sites for hydroxylation is 1. The number of hydrogen-bond acceptors (Lipinski definition) is 5. The van der Waals surface area contributed by atoms with Gasteiger partial charge in [0.15, 0.2) is 5.78 Å². The number of ketones is 1. The lowest BCUT2D eigenvalue weighted by Crippen LogP contribution is -2.15. The Morgan fingerprint density at radius 3 is 2.32 bits per heavy atom. The zero-order valence-electron chi connectivity index (χ0n) is 15.1. The van der Waals surface area contributed by atoms with Crippen LogP contribution in [0.3, 0.4) is 0 Å². The predicted molar refractivity (Wildman–Crippen MR) is 101 cm³/mol. The highest BCUT2D eigenvalue weighted by molar-refractivity contribution is 6.03. The average molecular weight is 382 g/mol. The van der Waals surface area contributed by atoms with Gasteiger partial charge in [-0.15, -0.1) is 0 Å². The van der Waals surface area contributed by atoms with E-state index in [1.165, 1.54) is 19.1 Å². The van der Waals surface area contributed by atoms with Crippen molar-refractivity contribution in [3.63, 3.8) is 0 Å². The Labute approximate surface area is 159 Å². The number of nitrogens with one attached hydrogen (secondary N) is 2. The Bertz CT molecular complexity index is 1050. The molecule has 0 aliphatic rings. The molecule has 0 atom stereocenters. The van der Waals surface area contributed by atoms with Gasteiger partial charge in [-0.1, -0.05) is 0 Å². The molecule has 2 aromatic carbocycles. The number of carbonyl (C=O) groups is 2. The monoisotopic (exact) mass is 382 g/mol. The van der Waals surface area contributed by atoms with Crippen LogP contribution in [0.2, 0.25) is 0 Å². The first-order valence-electron chi connectivity index (χ1n) is 8.32. The molecular formula is C20H16F2N4O2. The SMILES string of the molecule is CC(=O)c1ccc(NC(=O)c2cc(Nc3ccc(F)cc3F)nc(C)n2)cc1. The number of Topliss-reactive ketones (excluding diaryl/α,β-unsaturated/α-hetero) is 1. The van der Waals surface area contributed by atoms with Crippen LogP contribution in [0.25, 0.3) is 0 Å². The Hall–Kier alpha value is -3.68. The van der Waals surface area contributed by atoms with Gasteiger partial charge in [0.1, 0.15) is 29.0 Å². The minimum atomic E-state index is -0.784. The molecule has 1 heterocycles. The molecule has 0 unspecified atom stereocenters. The molecule has 0 saturated heterocycles. The van der Waals surface area contributed by atoms with Crippen LogP contribution in [0, 0.1) is 18.6 Å². The molecule has 0 aliphatic carbocycles. The minimum absolute atomic E-state index is 0.0191. The van der Waals surface area contributed by atoms with Crippen molar-refractivity contribution in [3.8, 4) is 0 Å². The van der Waals surface area contributed by atoms with Gasteiger partial charge in [-0.05, 0) is 50.2 Å². The van der Waals surface area contributed by atoms with E-state index < -0.39 is 17.5 Å². The lowest BCUT2D eigenvalue weighted by atomic mass is 10.1. The maximum absolute atomic E-state index is 13.8. The van der Waals surface area contributed by atoms with Gasteiger partial charge in [-0.3, -0.25) is 9.59 Å². The Morgan fingerprint density at radius 1 is 0.964 bits per heavy atom. The predicted octanol–water partition coefficient (Wildman–Crippen LogP) is 4.26. The lowest BCUT2D eigenvalue weighted by Gasteiger charge is -2.10. The van der Waals surface area contributed by atoms with Crippen LogP contribution >= 0.6 is 0 Å². The fourth-order valence-corrected chi connectivity index (χ4v) is 2.46. The van der Waals surface area contributed by atoms with E-state index >= 15 is 0 Å². The maximum Gasteiger partial charge on any atom is 0.274 e. The highest BCUT2D eigenvalue weighted by Crippen LogP contribution is 2.20. The summed E-state index contributed by atoms with van der Waals surface area (Å²) in [6, 6.07) is 10.9. The summed E-state index contributed by atoms with van der Waals surface area (Å²) in [6.07, 6.45) is 0. The number of anilines is 3. The summed E-state index contributed by atoms with van der Waals surface area (Å²) in [6.45, 7) is 3.04. The molecule has 0 bridgehead atoms. The van der Waals surface area contributed by atoms with Crippen molar-refractivity contribution in [1.29, 1.82) is 0 Å². The third kappa shape index (κ3) is 4.53. The second-order valence-corrected chi connectivity index (χ2v) is 6.02. The molecule has 1 aromatic heterocycles. The smallest absolute Gasteiger partial charge is 0.274 e. The van der Waals surface area contributed by atoms with E-state index in [4.69, 9.17) is 0 Å². The van der Waals surface area contributed by atoms with Crippen LogP contribution < -0.4 is 10.6 Å². The van der Waals surface area contributed by atoms with E-state index in [-0.39, 0.29) is 23.0 Å². The molecule has 0 radical (unpaired) electrons. The summed E-state index contributed by atoms with van der Waals surface area (Å²) in [7, 11) is 0. The summed E-state index contributed by atoms with van der Waals surface area (Å²) in [5, 5.41) is 5.38. The van der Waals surface area contributed by atoms with Gasteiger partial charge in [0.2, 0.25) is 0 Å². The molecule has 3 aromatic rings. The lowest BCUT2D eigenvalue weighted by molar-refractivity contribution is 0.101. The van der Waals surface area contributed by atoms with Crippen molar-refractivity contribution in [2.45, 2.75) is 13.8 Å². The molecule has 0 spiro atoms. The fraction of sp³-hybridized carbons (Fsp3) is 0.100. The number of amides is 1. The van der Waals surface area contributed by atoms with E-state index in [1.807, 2.05) is 0 Å². The third-order valence-electron chi connectivity index (χ3n) is 3.81. The van der Waals surface area contributed by atoms with Gasteiger partial charge in [0, 0.05) is 23.4 Å². The van der Waals surface area contributed by atoms with Crippen LogP contribution in [0.4, 0.5) is 26.0 Å². The van der Waals surface area contributed by atoms with Crippen LogP contribution in [0.1, 0.15) is 33.6 Å². The molecular weight excluding hydrogens is 366 g/mol. The number of nitrogens with zero attached hydrogens (tertiary/aromatic N) is 2. The van der Waals surface area contributed by atoms with E-state index in [2.05, 4.69) is 20.6 Å². The summed E-state index contributed by atoms with van der Waals surface area (Å²) in [4.78, 5) is 32.0. The molecule has 1 amide bonds. The molecule has 0 aliphatic heterocycles. The van der Waals surface area contributed by atoms with Crippen molar-refractivity contribution in [2.75, 3.05) is 10.6 Å². The number of benzene rings is 2. The molecule has 28 heavy (non-hydrogen) atoms. The molecule has 2 N–H and O–H groups in total. The second kappa shape index (κ2) is 7.91. The summed E-state index contributed by atoms with van der Waals surface area (Å²) in [5.74, 6) is -1.57. The Balaban J connectivity index is 1.80. The van der Waals surface area contributed by atoms with Crippen LogP contribution in [0.5, 0.6) is 0 Å². The number of carbonyl (C=O) groups excluding carboxylic acids is 2. The molecule has 0 fully saturated rings. The van der Waals surface area contributed by atoms with Gasteiger partial charge in [-0.2, -0.15) is 0 Å². The Morgan fingerprint density at radius 2 is 1.68 bits per heavy atom. The van der Waals surface area contributed by atoms with Crippen molar-refractivity contribution in [3.05, 3.63) is 77.2 Å². The van der Waals surface area contributed by atoms with Gasteiger partial charge in [-0.25, -0.2) is 18.7 Å². The fourth-order valence-electron chi connectivity index (χ4n) is 2.46. The molecule has 0 saturated carbocycles. The summed E-state index contributed by atoms with van der Waals surface area (Å²) in [5.41, 5.74) is 1.10. The first-order valence-corrected chi connectivity index (χ1v) is 8.32. The molecule has 6 nitrogen and oxygen atoms in total. The zero-order chi connectivity index (χ0) is 20.3. The number of rotatable bonds is 5. The third-order valence-corrected chi connectivity index (χ3v) is 3.81. The highest BCUT2D eigenvalue weighted by atomic mass is 19.1. The van der Waals surface area contributed by atoms with Crippen molar-refractivity contribution < 1.29 is 18.4 Å². The topological polar surface area (TPSA) is 84.0 Å². The maximum atomic E-state index is 13.8. The van der Waals surface area contributed by atoms with E-state index in [0.29, 0.717) is 17.1 Å². The second-order valence-electron chi connectivity index (χ2n) is 6.02. The number of hydrogen-bond donors (Lipinski definition) is 2. The van der Waals surface area contributed by atoms with Gasteiger partial charge in [0.25, 0.3) is 5.91 Å². The molecule has 8 heteroatoms. The summed E-state index contributed by atoms with van der Waals surface area (Å²) >= 11 is 0. The van der Waals surface area contributed by atoms with Gasteiger partial charge >= 0.3 is 0 Å². The van der Waals surface area contributed by atoms with Crippen LogP contribution in [0.15, 0.2) is 48.5 Å². The van der Waals surface area contributed by atoms with Gasteiger partial charge in [0.05, 0.1) is 5.69 Å². The average Bonchev–Trinajstić information content (AvgIpc) is 2.64. The molecule has 3 rings (SSSR count). The minimum Gasteiger partial charge on any atom is -0.338 e. The standard InChI is InChI=1S/C20H16F2N4O2/c1-11(27)13-3-6-15(7-4-13)25-20(28)18-10-19(24-12(2)23-18)26-17-8-5-14(21)9-16(17)22/h3-10H,1-2H3,(H,25,28)(H,23,24,26). The largest absolute Gasteiger partial charge is 0.338 e. The van der Waals surface area contributed by atoms with Gasteiger partial charge < -0.3 is 10.6 Å². The first kappa shape index (κ1) is 19.1. The van der Waals surface area contributed by atoms with Crippen LogP contribution in [-0.4, -0.2) is 21.7 Å². The quantitative estimate of drug-likeness (QED) is 0.644. The zero-order valence-corrected chi connectivity index (χ0v) is 15.1. The van der Waals surface area contributed by atoms with E-state index in [0.717, 1.165) is 12.1 Å². The highest BCUT2D eigenvalue weighted by Gasteiger charge is 2.13. The number of halogens is 2. The van der Waals surface area contributed by atoms with Crippen molar-refractivity contribution >= 4 is 28.9 Å². The van der Waals surface area contributed by atoms with E-state index in [1.54, 1.807) is 31.2 Å². The first-order chi connectivity index (χ1) is 13.3. The van der Waals surface area contributed by atoms with Crippen molar-refractivity contribution in [1.82, 2.24) is 9.97 Å². The normalized spacial score (nSPS) is 10.4. The van der Waals surface area contributed by atoms with E-state index in [9.17, 15) is 18.4 Å².